The van der Waals surface area contributed by atoms with E-state index in [1.54, 1.807) is 0 Å². The van der Waals surface area contributed by atoms with Crippen LogP contribution < -0.4 is 0 Å². The molecule has 0 unspecified atom stereocenters. The van der Waals surface area contributed by atoms with Crippen LogP contribution in [0.2, 0.25) is 0 Å². The van der Waals surface area contributed by atoms with Gasteiger partial charge in [0.15, 0.2) is 0 Å². The minimum Gasteiger partial charge on any atom is -0.345 e. The summed E-state index contributed by atoms with van der Waals surface area (Å²) in [6.07, 6.45) is 3.89. The van der Waals surface area contributed by atoms with Crippen molar-refractivity contribution in [3.8, 4) is 0 Å². The minimum atomic E-state index is -0.0851. The zero-order chi connectivity index (χ0) is 21.5. The smallest absolute Gasteiger partial charge is 0.227 e. The van der Waals surface area contributed by atoms with Crippen molar-refractivity contribution in [3.05, 3.63) is 53.3 Å². The van der Waals surface area contributed by atoms with Crippen LogP contribution in [0.15, 0.2) is 36.4 Å². The number of aryl methyl sites for hydroxylation is 4. The first-order chi connectivity index (χ1) is 14.4. The lowest BCUT2D eigenvalue weighted by Gasteiger charge is -2.34. The molecule has 0 saturated carbocycles. The average Bonchev–Trinajstić information content (AvgIpc) is 3.06. The molecule has 1 aliphatic rings. The molecule has 1 aromatic heterocycles. The van der Waals surface area contributed by atoms with Crippen molar-refractivity contribution < 1.29 is 9.59 Å². The summed E-state index contributed by atoms with van der Waals surface area (Å²) in [5.74, 6) is 0.251. The lowest BCUT2D eigenvalue weighted by molar-refractivity contribution is -0.142. The summed E-state index contributed by atoms with van der Waals surface area (Å²) in [6.45, 7) is 6.84. The molecule has 1 aromatic carbocycles. The third-order valence-corrected chi connectivity index (χ3v) is 5.93. The number of hydrogen-bond donors (Lipinski definition) is 0. The Balaban J connectivity index is 1.44. The lowest BCUT2D eigenvalue weighted by atomic mass is 9.95. The van der Waals surface area contributed by atoms with Gasteiger partial charge in [-0.15, -0.1) is 0 Å². The third-order valence-electron chi connectivity index (χ3n) is 5.93. The van der Waals surface area contributed by atoms with Crippen molar-refractivity contribution in [3.63, 3.8) is 0 Å². The number of aromatic nitrogens is 2. The van der Waals surface area contributed by atoms with Gasteiger partial charge in [0.2, 0.25) is 11.8 Å². The molecule has 0 bridgehead atoms. The predicted octanol–water partition coefficient (Wildman–Crippen LogP) is 3.22. The standard InChI is InChI=1S/C24H34N4O2/c1-19-17-20(2)28(25-19)16-8-14-26(3)24(30)22-12-13-23(29)27(18-22)15-7-11-21-9-5-4-6-10-21/h4-6,9-10,17,22H,7-8,11-16,18H2,1-3H3/t22-/m1/s1. The molecule has 2 heterocycles. The molecule has 1 saturated heterocycles. The van der Waals surface area contributed by atoms with E-state index in [1.165, 1.54) is 5.56 Å². The Morgan fingerprint density at radius 3 is 2.63 bits per heavy atom. The highest BCUT2D eigenvalue weighted by atomic mass is 16.2. The van der Waals surface area contributed by atoms with Crippen LogP contribution in [-0.4, -0.2) is 58.1 Å². The number of carbonyl (C=O) groups is 2. The van der Waals surface area contributed by atoms with Crippen molar-refractivity contribution in [2.75, 3.05) is 26.7 Å². The fourth-order valence-corrected chi connectivity index (χ4v) is 4.23. The number of rotatable bonds is 9. The Morgan fingerprint density at radius 1 is 1.17 bits per heavy atom. The maximum atomic E-state index is 12.9. The number of benzene rings is 1. The van der Waals surface area contributed by atoms with Gasteiger partial charge in [-0.25, -0.2) is 0 Å². The fraction of sp³-hybridized carbons (Fsp3) is 0.542. The number of amides is 2. The maximum absolute atomic E-state index is 12.9. The van der Waals surface area contributed by atoms with E-state index in [2.05, 4.69) is 30.2 Å². The first-order valence-corrected chi connectivity index (χ1v) is 11.0. The second kappa shape index (κ2) is 10.4. The molecule has 0 aliphatic carbocycles. The maximum Gasteiger partial charge on any atom is 0.227 e. The van der Waals surface area contributed by atoms with Crippen molar-refractivity contribution in [1.82, 2.24) is 19.6 Å². The largest absolute Gasteiger partial charge is 0.345 e. The van der Waals surface area contributed by atoms with Crippen LogP contribution in [0.1, 0.15) is 42.6 Å². The van der Waals surface area contributed by atoms with Gasteiger partial charge in [0.25, 0.3) is 0 Å². The second-order valence-electron chi connectivity index (χ2n) is 8.43. The Bertz CT molecular complexity index is 846. The molecule has 6 nitrogen and oxygen atoms in total. The molecule has 1 aliphatic heterocycles. The van der Waals surface area contributed by atoms with E-state index in [1.807, 2.05) is 46.7 Å². The summed E-state index contributed by atoms with van der Waals surface area (Å²) >= 11 is 0. The van der Waals surface area contributed by atoms with E-state index < -0.39 is 0 Å². The van der Waals surface area contributed by atoms with Crippen LogP contribution in [0.25, 0.3) is 0 Å². The van der Waals surface area contributed by atoms with E-state index in [9.17, 15) is 9.59 Å². The Kier molecular flexibility index (Phi) is 7.66. The summed E-state index contributed by atoms with van der Waals surface area (Å²) < 4.78 is 2.00. The monoisotopic (exact) mass is 410 g/mol. The van der Waals surface area contributed by atoms with Crippen molar-refractivity contribution in [2.45, 2.75) is 52.5 Å². The summed E-state index contributed by atoms with van der Waals surface area (Å²) in [7, 11) is 1.87. The fourth-order valence-electron chi connectivity index (χ4n) is 4.23. The average molecular weight is 411 g/mol. The van der Waals surface area contributed by atoms with Gasteiger partial charge in [0, 0.05) is 45.3 Å². The van der Waals surface area contributed by atoms with Gasteiger partial charge in [-0.05, 0) is 51.2 Å². The molecule has 1 fully saturated rings. The van der Waals surface area contributed by atoms with Gasteiger partial charge in [-0.1, -0.05) is 30.3 Å². The van der Waals surface area contributed by atoms with E-state index in [-0.39, 0.29) is 17.7 Å². The van der Waals surface area contributed by atoms with Crippen LogP contribution >= 0.6 is 0 Å². The van der Waals surface area contributed by atoms with Crippen LogP contribution in [0.5, 0.6) is 0 Å². The van der Waals surface area contributed by atoms with E-state index >= 15 is 0 Å². The number of likely N-dealkylation sites (tertiary alicyclic amines) is 1. The molecule has 0 radical (unpaired) electrons. The molecule has 2 aromatic rings. The van der Waals surface area contributed by atoms with E-state index in [0.717, 1.165) is 43.7 Å². The van der Waals surface area contributed by atoms with E-state index in [4.69, 9.17) is 0 Å². The zero-order valence-corrected chi connectivity index (χ0v) is 18.5. The highest BCUT2D eigenvalue weighted by molar-refractivity contribution is 5.83. The summed E-state index contributed by atoms with van der Waals surface area (Å²) in [5, 5.41) is 4.48. The molecular formula is C24H34N4O2. The lowest BCUT2D eigenvalue weighted by Crippen LogP contribution is -2.46. The van der Waals surface area contributed by atoms with E-state index in [0.29, 0.717) is 25.9 Å². The Hall–Kier alpha value is -2.63. The highest BCUT2D eigenvalue weighted by Gasteiger charge is 2.31. The Labute approximate surface area is 179 Å². The number of carbonyl (C=O) groups excluding carboxylic acids is 2. The van der Waals surface area contributed by atoms with Gasteiger partial charge in [-0.2, -0.15) is 5.10 Å². The molecule has 1 atom stereocenters. The third kappa shape index (κ3) is 5.94. The van der Waals surface area contributed by atoms with Crippen LogP contribution in [0, 0.1) is 19.8 Å². The van der Waals surface area contributed by atoms with Crippen LogP contribution in [0.3, 0.4) is 0 Å². The predicted molar refractivity (Wildman–Crippen MR) is 118 cm³/mol. The van der Waals surface area contributed by atoms with Gasteiger partial charge in [0.05, 0.1) is 11.6 Å². The normalized spacial score (nSPS) is 16.7. The number of nitrogens with zero attached hydrogens (tertiary/aromatic N) is 4. The number of piperidine rings is 1. The quantitative estimate of drug-likeness (QED) is 0.638. The topological polar surface area (TPSA) is 58.4 Å². The van der Waals surface area contributed by atoms with Gasteiger partial charge >= 0.3 is 0 Å². The van der Waals surface area contributed by atoms with Gasteiger partial charge in [0.1, 0.15) is 0 Å². The molecule has 0 N–H and O–H groups in total. The highest BCUT2D eigenvalue weighted by Crippen LogP contribution is 2.20. The molecule has 6 heteroatoms. The second-order valence-corrected chi connectivity index (χ2v) is 8.43. The van der Waals surface area contributed by atoms with Gasteiger partial charge < -0.3 is 9.80 Å². The summed E-state index contributed by atoms with van der Waals surface area (Å²) in [6, 6.07) is 12.4. The molecule has 3 rings (SSSR count). The van der Waals surface area contributed by atoms with Crippen molar-refractivity contribution in [2.24, 2.45) is 5.92 Å². The van der Waals surface area contributed by atoms with Crippen molar-refractivity contribution >= 4 is 11.8 Å². The van der Waals surface area contributed by atoms with Crippen molar-refractivity contribution in [1.29, 1.82) is 0 Å². The molecule has 2 amide bonds. The minimum absolute atomic E-state index is 0.0851. The molecular weight excluding hydrogens is 376 g/mol. The summed E-state index contributed by atoms with van der Waals surface area (Å²) in [5.41, 5.74) is 3.46. The zero-order valence-electron chi connectivity index (χ0n) is 18.5. The van der Waals surface area contributed by atoms with Gasteiger partial charge in [-0.3, -0.25) is 14.3 Å². The Morgan fingerprint density at radius 2 is 1.93 bits per heavy atom. The molecule has 162 valence electrons. The molecule has 0 spiro atoms. The SMILES string of the molecule is Cc1cc(C)n(CCCN(C)C(=O)[C@@H]2CCC(=O)N(CCCc3ccccc3)C2)n1. The number of hydrogen-bond acceptors (Lipinski definition) is 3. The van der Waals surface area contributed by atoms with Crippen LogP contribution in [0.4, 0.5) is 0 Å². The summed E-state index contributed by atoms with van der Waals surface area (Å²) in [4.78, 5) is 29.0. The first-order valence-electron chi connectivity index (χ1n) is 11.0. The van der Waals surface area contributed by atoms with Crippen LogP contribution in [-0.2, 0) is 22.6 Å². The first kappa shape index (κ1) is 22.1. The molecule has 30 heavy (non-hydrogen) atoms.